The Morgan fingerprint density at radius 3 is 2.80 bits per heavy atom. The molecule has 0 aromatic carbocycles. The smallest absolute Gasteiger partial charge is 0.327 e. The van der Waals surface area contributed by atoms with Crippen molar-refractivity contribution >= 4 is 23.8 Å². The van der Waals surface area contributed by atoms with Crippen LogP contribution in [0.4, 0.5) is 4.79 Å². The number of carbonyl (C=O) groups excluding carboxylic acids is 1. The predicted molar refractivity (Wildman–Crippen MR) is 75.9 cm³/mol. The molecule has 2 atom stereocenters. The second-order valence-electron chi connectivity index (χ2n) is 4.38. The summed E-state index contributed by atoms with van der Waals surface area (Å²) in [5.41, 5.74) is 0. The largest absolute Gasteiger partial charge is 0.480 e. The van der Waals surface area contributed by atoms with E-state index < -0.39 is 12.0 Å². The number of carboxylic acids is 1. The third-order valence-electron chi connectivity index (χ3n) is 2.92. The molecule has 116 valence electrons. The molecule has 2 N–H and O–H groups in total. The summed E-state index contributed by atoms with van der Waals surface area (Å²) in [6.45, 7) is 3.92. The Kier molecular flexibility index (Phi) is 7.71. The van der Waals surface area contributed by atoms with Crippen molar-refractivity contribution in [1.29, 1.82) is 0 Å². The molecule has 1 saturated heterocycles. The maximum atomic E-state index is 12.0. The molecule has 7 nitrogen and oxygen atoms in total. The van der Waals surface area contributed by atoms with Gasteiger partial charge in [-0.1, -0.05) is 0 Å². The van der Waals surface area contributed by atoms with Crippen molar-refractivity contribution in [3.8, 4) is 0 Å². The van der Waals surface area contributed by atoms with Gasteiger partial charge in [-0.25, -0.2) is 9.59 Å². The van der Waals surface area contributed by atoms with Gasteiger partial charge in [0.25, 0.3) is 0 Å². The number of methoxy groups -OCH3 is 1. The molecule has 0 aliphatic carbocycles. The van der Waals surface area contributed by atoms with Crippen LogP contribution in [0.2, 0.25) is 0 Å². The fourth-order valence-electron chi connectivity index (χ4n) is 1.85. The summed E-state index contributed by atoms with van der Waals surface area (Å²) in [6.07, 6.45) is 0.683. The Morgan fingerprint density at radius 1 is 1.40 bits per heavy atom. The summed E-state index contributed by atoms with van der Waals surface area (Å²) in [6, 6.07) is -1.07. The normalized spacial score (nSPS) is 22.0. The van der Waals surface area contributed by atoms with Gasteiger partial charge >= 0.3 is 12.0 Å². The SMILES string of the molecule is COCCOCCCNC(=O)N1C(C)SCC1C(=O)O. The van der Waals surface area contributed by atoms with Crippen LogP contribution in [0.1, 0.15) is 13.3 Å². The quantitative estimate of drug-likeness (QED) is 0.638. The van der Waals surface area contributed by atoms with Crippen LogP contribution >= 0.6 is 11.8 Å². The number of carboxylic acid groups (broad SMARTS) is 1. The molecule has 1 rings (SSSR count). The second kappa shape index (κ2) is 9.04. The monoisotopic (exact) mass is 306 g/mol. The number of ether oxygens (including phenoxy) is 2. The van der Waals surface area contributed by atoms with Crippen molar-refractivity contribution in [1.82, 2.24) is 10.2 Å². The Balaban J connectivity index is 2.22. The Labute approximate surface area is 123 Å². The molecular weight excluding hydrogens is 284 g/mol. The first kappa shape index (κ1) is 17.1. The van der Waals surface area contributed by atoms with Crippen LogP contribution in [0.3, 0.4) is 0 Å². The van der Waals surface area contributed by atoms with Crippen molar-refractivity contribution in [3.05, 3.63) is 0 Å². The van der Waals surface area contributed by atoms with Gasteiger partial charge in [0.15, 0.2) is 0 Å². The first-order chi connectivity index (χ1) is 9.57. The zero-order valence-corrected chi connectivity index (χ0v) is 12.6. The van der Waals surface area contributed by atoms with Gasteiger partial charge < -0.3 is 19.9 Å². The standard InChI is InChI=1S/C12H22N2O5S/c1-9-14(10(8-20-9)11(15)16)12(17)13-4-3-5-19-7-6-18-2/h9-10H,3-8H2,1-2H3,(H,13,17)(H,15,16). The van der Waals surface area contributed by atoms with Crippen LogP contribution < -0.4 is 5.32 Å². The predicted octanol–water partition coefficient (Wildman–Crippen LogP) is 0.597. The number of aliphatic carboxylic acids is 1. The summed E-state index contributed by atoms with van der Waals surface area (Å²) in [5, 5.41) is 11.7. The van der Waals surface area contributed by atoms with Crippen molar-refractivity contribution < 1.29 is 24.2 Å². The molecular formula is C12H22N2O5S. The lowest BCUT2D eigenvalue weighted by Crippen LogP contribution is -2.49. The van der Waals surface area contributed by atoms with Crippen LogP contribution in [0, 0.1) is 0 Å². The maximum absolute atomic E-state index is 12.0. The van der Waals surface area contributed by atoms with E-state index in [1.807, 2.05) is 6.92 Å². The van der Waals surface area contributed by atoms with Gasteiger partial charge in [-0.05, 0) is 13.3 Å². The highest BCUT2D eigenvalue weighted by Gasteiger charge is 2.39. The van der Waals surface area contributed by atoms with E-state index in [2.05, 4.69) is 5.32 Å². The minimum absolute atomic E-state index is 0.117. The molecule has 0 bridgehead atoms. The lowest BCUT2D eigenvalue weighted by Gasteiger charge is -2.25. The minimum Gasteiger partial charge on any atom is -0.480 e. The molecule has 0 spiro atoms. The van der Waals surface area contributed by atoms with Crippen LogP contribution in [-0.4, -0.2) is 72.7 Å². The molecule has 0 aromatic rings. The topological polar surface area (TPSA) is 88.1 Å². The van der Waals surface area contributed by atoms with Gasteiger partial charge in [0.2, 0.25) is 0 Å². The van der Waals surface area contributed by atoms with E-state index in [0.717, 1.165) is 0 Å². The van der Waals surface area contributed by atoms with E-state index >= 15 is 0 Å². The average Bonchev–Trinajstić information content (AvgIpc) is 2.79. The van der Waals surface area contributed by atoms with Crippen molar-refractivity contribution in [2.45, 2.75) is 24.8 Å². The number of amides is 2. The lowest BCUT2D eigenvalue weighted by molar-refractivity contribution is -0.141. The molecule has 2 unspecified atom stereocenters. The van der Waals surface area contributed by atoms with E-state index in [0.29, 0.717) is 38.5 Å². The highest BCUT2D eigenvalue weighted by Crippen LogP contribution is 2.28. The Morgan fingerprint density at radius 2 is 2.15 bits per heavy atom. The fraction of sp³-hybridized carbons (Fsp3) is 0.833. The molecule has 2 amide bonds. The van der Waals surface area contributed by atoms with E-state index in [1.165, 1.54) is 16.7 Å². The summed E-state index contributed by atoms with van der Waals surface area (Å²) < 4.78 is 10.1. The summed E-state index contributed by atoms with van der Waals surface area (Å²) in [7, 11) is 1.61. The van der Waals surface area contributed by atoms with Crippen LogP contribution in [0.5, 0.6) is 0 Å². The summed E-state index contributed by atoms with van der Waals surface area (Å²) in [4.78, 5) is 24.4. The first-order valence-corrected chi connectivity index (χ1v) is 7.60. The molecule has 1 aliphatic heterocycles. The van der Waals surface area contributed by atoms with Gasteiger partial charge in [-0.15, -0.1) is 11.8 Å². The average molecular weight is 306 g/mol. The number of nitrogens with zero attached hydrogens (tertiary/aromatic N) is 1. The molecule has 1 heterocycles. The van der Waals surface area contributed by atoms with Crippen molar-refractivity contribution in [2.24, 2.45) is 0 Å². The second-order valence-corrected chi connectivity index (χ2v) is 5.73. The Hall–Kier alpha value is -0.990. The Bertz CT molecular complexity index is 329. The molecule has 1 fully saturated rings. The maximum Gasteiger partial charge on any atom is 0.327 e. The minimum atomic E-state index is -0.958. The summed E-state index contributed by atoms with van der Waals surface area (Å²) in [5.74, 6) is -0.524. The summed E-state index contributed by atoms with van der Waals surface area (Å²) >= 11 is 1.47. The fourth-order valence-corrected chi connectivity index (χ4v) is 3.01. The molecule has 0 aromatic heterocycles. The number of hydrogen-bond acceptors (Lipinski definition) is 5. The van der Waals surface area contributed by atoms with Gasteiger partial charge in [0, 0.05) is 26.0 Å². The van der Waals surface area contributed by atoms with Crippen molar-refractivity contribution in [3.63, 3.8) is 0 Å². The van der Waals surface area contributed by atoms with Crippen LogP contribution in [-0.2, 0) is 14.3 Å². The van der Waals surface area contributed by atoms with E-state index in [4.69, 9.17) is 14.6 Å². The lowest BCUT2D eigenvalue weighted by atomic mass is 10.3. The third kappa shape index (κ3) is 5.18. The van der Waals surface area contributed by atoms with Gasteiger partial charge in [-0.3, -0.25) is 4.90 Å². The first-order valence-electron chi connectivity index (χ1n) is 6.55. The number of thioether (sulfide) groups is 1. The zero-order valence-electron chi connectivity index (χ0n) is 11.8. The third-order valence-corrected chi connectivity index (χ3v) is 4.13. The molecule has 0 radical (unpaired) electrons. The number of hydrogen-bond donors (Lipinski definition) is 2. The number of carbonyl (C=O) groups is 2. The number of nitrogens with one attached hydrogen (secondary N) is 1. The molecule has 1 aliphatic rings. The van der Waals surface area contributed by atoms with E-state index in [-0.39, 0.29) is 11.4 Å². The zero-order chi connectivity index (χ0) is 15.0. The van der Waals surface area contributed by atoms with Gasteiger partial charge in [0.05, 0.1) is 18.6 Å². The van der Waals surface area contributed by atoms with Crippen LogP contribution in [0.25, 0.3) is 0 Å². The number of rotatable bonds is 8. The highest BCUT2D eigenvalue weighted by atomic mass is 32.2. The molecule has 0 saturated carbocycles. The van der Waals surface area contributed by atoms with Crippen LogP contribution in [0.15, 0.2) is 0 Å². The highest BCUT2D eigenvalue weighted by molar-refractivity contribution is 8.00. The van der Waals surface area contributed by atoms with Gasteiger partial charge in [0.1, 0.15) is 6.04 Å². The van der Waals surface area contributed by atoms with E-state index in [1.54, 1.807) is 7.11 Å². The van der Waals surface area contributed by atoms with Gasteiger partial charge in [-0.2, -0.15) is 0 Å². The number of urea groups is 1. The van der Waals surface area contributed by atoms with Crippen molar-refractivity contribution in [2.75, 3.05) is 39.2 Å². The molecule has 20 heavy (non-hydrogen) atoms. The van der Waals surface area contributed by atoms with E-state index in [9.17, 15) is 9.59 Å². The molecule has 8 heteroatoms.